The lowest BCUT2D eigenvalue weighted by Crippen LogP contribution is -2.49. The molecule has 0 aromatic heterocycles. The number of aliphatic carboxylic acids is 1. The molecule has 0 rings (SSSR count). The van der Waals surface area contributed by atoms with Gasteiger partial charge in [0.05, 0.1) is 13.0 Å². The van der Waals surface area contributed by atoms with Gasteiger partial charge >= 0.3 is 18.0 Å². The zero-order valence-corrected chi connectivity index (χ0v) is 15.0. The second-order valence-electron chi connectivity index (χ2n) is 5.80. The van der Waals surface area contributed by atoms with Gasteiger partial charge in [0, 0.05) is 5.75 Å². The van der Waals surface area contributed by atoms with Crippen molar-refractivity contribution in [2.45, 2.75) is 51.8 Å². The molecule has 0 spiro atoms. The molecule has 0 saturated carbocycles. The van der Waals surface area contributed by atoms with Crippen molar-refractivity contribution in [3.8, 4) is 0 Å². The zero-order valence-electron chi connectivity index (χ0n) is 14.1. The lowest BCUT2D eigenvalue weighted by Gasteiger charge is -2.22. The molecule has 0 aliphatic heterocycles. The first-order chi connectivity index (χ1) is 11.0. The molecular formula is C14H24N2O7S. The standard InChI is InChI=1S/C14H24N2O7S/c1-5-22-12(20)9(7-24)15-10(17)6-8(11(18)19)16-13(21)23-14(2,3)4/h8-9,24H,5-7H2,1-4H3,(H,15,17)(H,16,21)(H,18,19). The number of carboxylic acids is 1. The first kappa shape index (κ1) is 22.0. The molecule has 0 heterocycles. The molecule has 0 radical (unpaired) electrons. The van der Waals surface area contributed by atoms with Gasteiger partial charge in [-0.25, -0.2) is 14.4 Å². The Morgan fingerprint density at radius 2 is 1.71 bits per heavy atom. The molecule has 0 aromatic carbocycles. The van der Waals surface area contributed by atoms with Gasteiger partial charge in [0.15, 0.2) is 0 Å². The Morgan fingerprint density at radius 3 is 2.12 bits per heavy atom. The normalized spacial score (nSPS) is 13.4. The molecule has 9 nitrogen and oxygen atoms in total. The van der Waals surface area contributed by atoms with E-state index in [0.29, 0.717) is 0 Å². The molecule has 0 saturated heterocycles. The molecule has 0 aliphatic carbocycles. The van der Waals surface area contributed by atoms with E-state index >= 15 is 0 Å². The highest BCUT2D eigenvalue weighted by Crippen LogP contribution is 2.07. The quantitative estimate of drug-likeness (QED) is 0.360. The Hall–Kier alpha value is -1.97. The SMILES string of the molecule is CCOC(=O)C(CS)NC(=O)CC(NC(=O)OC(C)(C)C)C(=O)O. The van der Waals surface area contributed by atoms with E-state index in [2.05, 4.69) is 23.3 Å². The monoisotopic (exact) mass is 364 g/mol. The molecular weight excluding hydrogens is 340 g/mol. The molecule has 2 atom stereocenters. The number of rotatable bonds is 8. The van der Waals surface area contributed by atoms with Crippen LogP contribution < -0.4 is 10.6 Å². The molecule has 0 aliphatic rings. The fourth-order valence-corrected chi connectivity index (χ4v) is 1.75. The van der Waals surface area contributed by atoms with Crippen molar-refractivity contribution >= 4 is 36.6 Å². The van der Waals surface area contributed by atoms with Crippen LogP contribution in [0.25, 0.3) is 0 Å². The number of carboxylic acid groups (broad SMARTS) is 1. The molecule has 2 unspecified atom stereocenters. The van der Waals surface area contributed by atoms with Crippen LogP contribution in [0.5, 0.6) is 0 Å². The van der Waals surface area contributed by atoms with Crippen LogP contribution in [0.3, 0.4) is 0 Å². The van der Waals surface area contributed by atoms with Gasteiger partial charge in [-0.1, -0.05) is 0 Å². The summed E-state index contributed by atoms with van der Waals surface area (Å²) in [6, 6.07) is -2.50. The van der Waals surface area contributed by atoms with Crippen LogP contribution in [0.1, 0.15) is 34.1 Å². The Balaban J connectivity index is 4.71. The predicted octanol–water partition coefficient (Wildman–Crippen LogP) is 0.332. The van der Waals surface area contributed by atoms with Gasteiger partial charge in [0.1, 0.15) is 17.7 Å². The number of esters is 1. The molecule has 2 amide bonds. The van der Waals surface area contributed by atoms with Gasteiger partial charge < -0.3 is 25.2 Å². The largest absolute Gasteiger partial charge is 0.480 e. The van der Waals surface area contributed by atoms with E-state index in [1.165, 1.54) is 0 Å². The van der Waals surface area contributed by atoms with E-state index in [4.69, 9.17) is 14.6 Å². The summed E-state index contributed by atoms with van der Waals surface area (Å²) in [5, 5.41) is 13.5. The Labute approximate surface area is 145 Å². The summed E-state index contributed by atoms with van der Waals surface area (Å²) in [6.07, 6.45) is -1.53. The minimum absolute atomic E-state index is 0.0121. The minimum atomic E-state index is -1.50. The highest BCUT2D eigenvalue weighted by molar-refractivity contribution is 7.80. The first-order valence-corrected chi connectivity index (χ1v) is 7.92. The smallest absolute Gasteiger partial charge is 0.408 e. The highest BCUT2D eigenvalue weighted by atomic mass is 32.1. The average Bonchev–Trinajstić information content (AvgIpc) is 2.42. The van der Waals surface area contributed by atoms with Crippen molar-refractivity contribution < 1.29 is 33.8 Å². The summed E-state index contributed by atoms with van der Waals surface area (Å²) in [7, 11) is 0. The van der Waals surface area contributed by atoms with Crippen LogP contribution in [-0.2, 0) is 23.9 Å². The summed E-state index contributed by atoms with van der Waals surface area (Å²) in [5.74, 6) is -2.84. The van der Waals surface area contributed by atoms with Gasteiger partial charge in [-0.2, -0.15) is 12.6 Å². The number of ether oxygens (including phenoxy) is 2. The topological polar surface area (TPSA) is 131 Å². The number of hydrogen-bond acceptors (Lipinski definition) is 7. The summed E-state index contributed by atoms with van der Waals surface area (Å²) < 4.78 is 9.70. The lowest BCUT2D eigenvalue weighted by molar-refractivity contribution is -0.147. The second kappa shape index (κ2) is 10.0. The van der Waals surface area contributed by atoms with Gasteiger partial charge in [-0.05, 0) is 27.7 Å². The van der Waals surface area contributed by atoms with Gasteiger partial charge in [0.25, 0.3) is 0 Å². The van der Waals surface area contributed by atoms with E-state index < -0.39 is 48.0 Å². The number of hydrogen-bond donors (Lipinski definition) is 4. The second-order valence-corrected chi connectivity index (χ2v) is 6.16. The summed E-state index contributed by atoms with van der Waals surface area (Å²) >= 11 is 3.93. The van der Waals surface area contributed by atoms with Crippen molar-refractivity contribution in [3.05, 3.63) is 0 Å². The molecule has 24 heavy (non-hydrogen) atoms. The van der Waals surface area contributed by atoms with E-state index in [1.54, 1.807) is 27.7 Å². The van der Waals surface area contributed by atoms with Crippen LogP contribution in [-0.4, -0.2) is 59.1 Å². The molecule has 10 heteroatoms. The summed E-state index contributed by atoms with van der Waals surface area (Å²) in [5.41, 5.74) is -0.809. The minimum Gasteiger partial charge on any atom is -0.480 e. The Morgan fingerprint density at radius 1 is 1.12 bits per heavy atom. The summed E-state index contributed by atoms with van der Waals surface area (Å²) in [6.45, 7) is 6.60. The highest BCUT2D eigenvalue weighted by Gasteiger charge is 2.28. The number of thiol groups is 1. The molecule has 0 aromatic rings. The van der Waals surface area contributed by atoms with Crippen LogP contribution in [0.2, 0.25) is 0 Å². The van der Waals surface area contributed by atoms with E-state index in [1.807, 2.05) is 0 Å². The molecule has 3 N–H and O–H groups in total. The maximum absolute atomic E-state index is 11.9. The van der Waals surface area contributed by atoms with Crippen LogP contribution >= 0.6 is 12.6 Å². The Kier molecular flexibility index (Phi) is 9.19. The third-order valence-electron chi connectivity index (χ3n) is 2.47. The van der Waals surface area contributed by atoms with Crippen molar-refractivity contribution in [1.29, 1.82) is 0 Å². The Bertz CT molecular complexity index is 476. The molecule has 0 bridgehead atoms. The first-order valence-electron chi connectivity index (χ1n) is 7.29. The van der Waals surface area contributed by atoms with Gasteiger partial charge in [-0.15, -0.1) is 0 Å². The van der Waals surface area contributed by atoms with Crippen molar-refractivity contribution in [1.82, 2.24) is 10.6 Å². The number of carbonyl (C=O) groups excluding carboxylic acids is 3. The van der Waals surface area contributed by atoms with Gasteiger partial charge in [0.2, 0.25) is 5.91 Å². The average molecular weight is 364 g/mol. The summed E-state index contributed by atoms with van der Waals surface area (Å²) in [4.78, 5) is 46.2. The van der Waals surface area contributed by atoms with Crippen LogP contribution in [0.15, 0.2) is 0 Å². The third kappa shape index (κ3) is 9.23. The van der Waals surface area contributed by atoms with Crippen molar-refractivity contribution in [3.63, 3.8) is 0 Å². The lowest BCUT2D eigenvalue weighted by atomic mass is 10.2. The molecule has 0 fully saturated rings. The fraction of sp³-hybridized carbons (Fsp3) is 0.714. The fourth-order valence-electron chi connectivity index (χ4n) is 1.51. The van der Waals surface area contributed by atoms with Gasteiger partial charge in [-0.3, -0.25) is 4.79 Å². The number of nitrogens with one attached hydrogen (secondary N) is 2. The number of carbonyl (C=O) groups is 4. The maximum Gasteiger partial charge on any atom is 0.408 e. The van der Waals surface area contributed by atoms with E-state index in [9.17, 15) is 19.2 Å². The van der Waals surface area contributed by atoms with E-state index in [0.717, 1.165) is 0 Å². The zero-order chi connectivity index (χ0) is 18.9. The number of amides is 2. The number of alkyl carbamates (subject to hydrolysis) is 1. The maximum atomic E-state index is 11.9. The third-order valence-corrected chi connectivity index (χ3v) is 2.83. The van der Waals surface area contributed by atoms with E-state index in [-0.39, 0.29) is 12.4 Å². The molecule has 138 valence electrons. The van der Waals surface area contributed by atoms with Crippen LogP contribution in [0, 0.1) is 0 Å². The van der Waals surface area contributed by atoms with Crippen molar-refractivity contribution in [2.24, 2.45) is 0 Å². The predicted molar refractivity (Wildman–Crippen MR) is 87.8 cm³/mol. The van der Waals surface area contributed by atoms with Crippen molar-refractivity contribution in [2.75, 3.05) is 12.4 Å². The van der Waals surface area contributed by atoms with Crippen LogP contribution in [0.4, 0.5) is 4.79 Å².